The average Bonchev–Trinajstić information content (AvgIpc) is 2.79. The lowest BCUT2D eigenvalue weighted by Crippen LogP contribution is -2.48. The highest BCUT2D eigenvalue weighted by Crippen LogP contribution is 2.14. The van der Waals surface area contributed by atoms with Crippen molar-refractivity contribution >= 4 is 11.6 Å². The minimum absolute atomic E-state index is 0.00715. The van der Waals surface area contributed by atoms with Crippen LogP contribution in [0.3, 0.4) is 0 Å². The van der Waals surface area contributed by atoms with E-state index >= 15 is 0 Å². The fourth-order valence-electron chi connectivity index (χ4n) is 3.57. The number of amides is 1. The minimum atomic E-state index is 0.00715. The normalized spacial score (nSPS) is 14.6. The van der Waals surface area contributed by atoms with E-state index in [2.05, 4.69) is 51.6 Å². The van der Waals surface area contributed by atoms with Gasteiger partial charge in [0.25, 0.3) is 5.91 Å². The molecule has 1 aromatic heterocycles. The number of piperazine rings is 1. The molecule has 1 fully saturated rings. The summed E-state index contributed by atoms with van der Waals surface area (Å²) in [5.74, 6) is 0.00715. The summed E-state index contributed by atoms with van der Waals surface area (Å²) in [7, 11) is 0. The Balaban J connectivity index is 1.31. The monoisotopic (exact) mass is 386 g/mol. The molecule has 0 radical (unpaired) electrons. The van der Waals surface area contributed by atoms with Crippen molar-refractivity contribution in [2.75, 3.05) is 31.5 Å². The lowest BCUT2D eigenvalue weighted by atomic mass is 10.2. The number of rotatable bonds is 6. The van der Waals surface area contributed by atoms with E-state index in [1.165, 1.54) is 11.1 Å². The minimum Gasteiger partial charge on any atom is -0.381 e. The second-order valence-electron chi connectivity index (χ2n) is 7.32. The van der Waals surface area contributed by atoms with Crippen LogP contribution in [0, 0.1) is 0 Å². The number of carbonyl (C=O) groups is 1. The van der Waals surface area contributed by atoms with Crippen LogP contribution in [0.2, 0.25) is 0 Å². The first-order chi connectivity index (χ1) is 14.3. The van der Waals surface area contributed by atoms with Crippen LogP contribution in [0.1, 0.15) is 21.6 Å². The zero-order valence-corrected chi connectivity index (χ0v) is 16.5. The first kappa shape index (κ1) is 19.2. The van der Waals surface area contributed by atoms with Gasteiger partial charge in [-0.3, -0.25) is 14.7 Å². The van der Waals surface area contributed by atoms with Gasteiger partial charge < -0.3 is 10.2 Å². The summed E-state index contributed by atoms with van der Waals surface area (Å²) < 4.78 is 0. The lowest BCUT2D eigenvalue weighted by Gasteiger charge is -2.34. The molecule has 0 saturated carbocycles. The van der Waals surface area contributed by atoms with Crippen molar-refractivity contribution in [2.45, 2.75) is 13.1 Å². The van der Waals surface area contributed by atoms with Gasteiger partial charge in [0, 0.05) is 51.2 Å². The number of nitrogens with zero attached hydrogens (tertiary/aromatic N) is 3. The Bertz CT molecular complexity index is 922. The van der Waals surface area contributed by atoms with Crippen LogP contribution in [0.15, 0.2) is 79.0 Å². The number of hydrogen-bond donors (Lipinski definition) is 1. The van der Waals surface area contributed by atoms with Gasteiger partial charge in [-0.1, -0.05) is 60.7 Å². The first-order valence-corrected chi connectivity index (χ1v) is 10.1. The molecule has 148 valence electrons. The number of benzene rings is 2. The summed E-state index contributed by atoms with van der Waals surface area (Å²) in [6.45, 7) is 4.87. The third kappa shape index (κ3) is 5.21. The number of aromatic nitrogens is 1. The predicted molar refractivity (Wildman–Crippen MR) is 116 cm³/mol. The molecule has 4 rings (SSSR count). The molecule has 29 heavy (non-hydrogen) atoms. The standard InChI is InChI=1S/C24H26N4O/c29-24(28-15-13-27(14-16-28)19-21-9-5-2-6-10-21)23-17-22(11-12-25-23)26-18-20-7-3-1-4-8-20/h1-12,17H,13-16,18-19H2,(H,25,26). The molecule has 1 aliphatic rings. The Morgan fingerprint density at radius 3 is 2.21 bits per heavy atom. The highest BCUT2D eigenvalue weighted by Gasteiger charge is 2.23. The average molecular weight is 386 g/mol. The molecule has 2 aromatic carbocycles. The second-order valence-corrected chi connectivity index (χ2v) is 7.32. The maximum absolute atomic E-state index is 12.9. The van der Waals surface area contributed by atoms with Crippen molar-refractivity contribution < 1.29 is 4.79 Å². The number of carbonyl (C=O) groups excluding carboxylic acids is 1. The molecular weight excluding hydrogens is 360 g/mol. The van der Waals surface area contributed by atoms with Crippen molar-refractivity contribution in [1.29, 1.82) is 0 Å². The molecule has 5 nitrogen and oxygen atoms in total. The largest absolute Gasteiger partial charge is 0.381 e. The SMILES string of the molecule is O=C(c1cc(NCc2ccccc2)ccn1)N1CCN(Cc2ccccc2)CC1. The Morgan fingerprint density at radius 1 is 0.862 bits per heavy atom. The Hall–Kier alpha value is -3.18. The first-order valence-electron chi connectivity index (χ1n) is 10.1. The summed E-state index contributed by atoms with van der Waals surface area (Å²) in [4.78, 5) is 21.5. The number of pyridine rings is 1. The molecule has 0 bridgehead atoms. The Labute approximate surface area is 172 Å². The molecule has 0 spiro atoms. The van der Waals surface area contributed by atoms with E-state index in [9.17, 15) is 4.79 Å². The van der Waals surface area contributed by atoms with E-state index in [-0.39, 0.29) is 5.91 Å². The van der Waals surface area contributed by atoms with Crippen molar-refractivity contribution in [3.63, 3.8) is 0 Å². The molecule has 0 unspecified atom stereocenters. The molecule has 1 saturated heterocycles. The van der Waals surface area contributed by atoms with Gasteiger partial charge in [-0.2, -0.15) is 0 Å². The second kappa shape index (κ2) is 9.34. The number of anilines is 1. The molecular formula is C24H26N4O. The highest BCUT2D eigenvalue weighted by atomic mass is 16.2. The van der Waals surface area contributed by atoms with Crippen molar-refractivity contribution in [1.82, 2.24) is 14.8 Å². The molecule has 1 aliphatic heterocycles. The van der Waals surface area contributed by atoms with Crippen LogP contribution in [-0.2, 0) is 13.1 Å². The number of hydrogen-bond acceptors (Lipinski definition) is 4. The zero-order valence-electron chi connectivity index (χ0n) is 16.5. The molecule has 2 heterocycles. The van der Waals surface area contributed by atoms with Crippen molar-refractivity contribution in [2.24, 2.45) is 0 Å². The molecule has 5 heteroatoms. The van der Waals surface area contributed by atoms with Gasteiger partial charge in [-0.25, -0.2) is 0 Å². The van der Waals surface area contributed by atoms with Crippen LogP contribution in [0.25, 0.3) is 0 Å². The highest BCUT2D eigenvalue weighted by molar-refractivity contribution is 5.93. The van der Waals surface area contributed by atoms with Crippen LogP contribution in [0.4, 0.5) is 5.69 Å². The van der Waals surface area contributed by atoms with Crippen LogP contribution < -0.4 is 5.32 Å². The van der Waals surface area contributed by atoms with E-state index in [1.54, 1.807) is 6.20 Å². The van der Waals surface area contributed by atoms with E-state index in [0.29, 0.717) is 5.69 Å². The van der Waals surface area contributed by atoms with Gasteiger partial charge in [0.05, 0.1) is 0 Å². The van der Waals surface area contributed by atoms with Gasteiger partial charge in [0.15, 0.2) is 0 Å². The topological polar surface area (TPSA) is 48.5 Å². The molecule has 1 amide bonds. The van der Waals surface area contributed by atoms with E-state index in [1.807, 2.05) is 41.3 Å². The summed E-state index contributed by atoms with van der Waals surface area (Å²) >= 11 is 0. The van der Waals surface area contributed by atoms with E-state index in [4.69, 9.17) is 0 Å². The van der Waals surface area contributed by atoms with Gasteiger partial charge in [-0.05, 0) is 23.3 Å². The van der Waals surface area contributed by atoms with Crippen molar-refractivity contribution in [3.05, 3.63) is 95.8 Å². The summed E-state index contributed by atoms with van der Waals surface area (Å²) in [6, 6.07) is 24.4. The Morgan fingerprint density at radius 2 is 1.52 bits per heavy atom. The molecule has 0 aliphatic carbocycles. The van der Waals surface area contributed by atoms with Gasteiger partial charge >= 0.3 is 0 Å². The van der Waals surface area contributed by atoms with Gasteiger partial charge in [-0.15, -0.1) is 0 Å². The molecule has 0 atom stereocenters. The van der Waals surface area contributed by atoms with Crippen molar-refractivity contribution in [3.8, 4) is 0 Å². The van der Waals surface area contributed by atoms with Gasteiger partial charge in [0.2, 0.25) is 0 Å². The summed E-state index contributed by atoms with van der Waals surface area (Å²) in [6.07, 6.45) is 1.70. The van der Waals surface area contributed by atoms with Crippen LogP contribution >= 0.6 is 0 Å². The van der Waals surface area contributed by atoms with Crippen LogP contribution in [0.5, 0.6) is 0 Å². The maximum Gasteiger partial charge on any atom is 0.272 e. The quantitative estimate of drug-likeness (QED) is 0.703. The van der Waals surface area contributed by atoms with E-state index in [0.717, 1.165) is 45.0 Å². The predicted octanol–water partition coefficient (Wildman–Crippen LogP) is 3.65. The molecule has 1 N–H and O–H groups in total. The fraction of sp³-hybridized carbons (Fsp3) is 0.250. The Kier molecular flexibility index (Phi) is 6.17. The van der Waals surface area contributed by atoms with E-state index < -0.39 is 0 Å². The van der Waals surface area contributed by atoms with Crippen LogP contribution in [-0.4, -0.2) is 46.9 Å². The van der Waals surface area contributed by atoms with Gasteiger partial charge in [0.1, 0.15) is 5.69 Å². The lowest BCUT2D eigenvalue weighted by molar-refractivity contribution is 0.0623. The fourth-order valence-corrected chi connectivity index (χ4v) is 3.57. The maximum atomic E-state index is 12.9. The molecule has 3 aromatic rings. The number of nitrogens with one attached hydrogen (secondary N) is 1. The third-order valence-electron chi connectivity index (χ3n) is 5.23. The third-order valence-corrected chi connectivity index (χ3v) is 5.23. The zero-order chi connectivity index (χ0) is 19.9. The summed E-state index contributed by atoms with van der Waals surface area (Å²) in [5, 5.41) is 3.37. The summed E-state index contributed by atoms with van der Waals surface area (Å²) in [5.41, 5.74) is 3.92. The smallest absolute Gasteiger partial charge is 0.272 e.